The van der Waals surface area contributed by atoms with E-state index in [9.17, 15) is 4.79 Å². The Morgan fingerprint density at radius 3 is 2.65 bits per heavy atom. The van der Waals surface area contributed by atoms with Crippen LogP contribution in [0.5, 0.6) is 0 Å². The molecule has 1 saturated carbocycles. The highest BCUT2D eigenvalue weighted by atomic mass is 16.1. The lowest BCUT2D eigenvalue weighted by Gasteiger charge is -2.39. The molecule has 98 valence electrons. The Hall–Kier alpha value is -0.610. The first kappa shape index (κ1) is 12.8. The molecular formula is C13H25N3O. The molecule has 1 amide bonds. The molecule has 0 spiro atoms. The lowest BCUT2D eigenvalue weighted by Crippen LogP contribution is -2.48. The maximum Gasteiger partial charge on any atom is 0.221 e. The average Bonchev–Trinajstić information content (AvgIpc) is 3.02. The van der Waals surface area contributed by atoms with Gasteiger partial charge in [0.05, 0.1) is 5.92 Å². The normalized spacial score (nSPS) is 32.4. The van der Waals surface area contributed by atoms with E-state index in [2.05, 4.69) is 11.8 Å². The lowest BCUT2D eigenvalue weighted by atomic mass is 9.91. The molecule has 2 aliphatic rings. The molecule has 1 saturated heterocycles. The number of amides is 1. The van der Waals surface area contributed by atoms with Crippen molar-refractivity contribution in [1.82, 2.24) is 4.90 Å². The summed E-state index contributed by atoms with van der Waals surface area (Å²) in [6, 6.07) is 0.584. The van der Waals surface area contributed by atoms with Crippen LogP contribution in [0, 0.1) is 11.3 Å². The van der Waals surface area contributed by atoms with Gasteiger partial charge in [0.15, 0.2) is 0 Å². The molecule has 1 heterocycles. The minimum atomic E-state index is -0.134. The molecule has 0 aromatic heterocycles. The molecule has 4 N–H and O–H groups in total. The van der Waals surface area contributed by atoms with Crippen molar-refractivity contribution in [1.29, 1.82) is 0 Å². The number of primary amides is 1. The molecule has 2 rings (SSSR count). The van der Waals surface area contributed by atoms with Crippen molar-refractivity contribution in [3.05, 3.63) is 0 Å². The van der Waals surface area contributed by atoms with E-state index in [-0.39, 0.29) is 11.8 Å². The zero-order valence-corrected chi connectivity index (χ0v) is 10.8. The maximum atomic E-state index is 11.3. The number of hydrogen-bond acceptors (Lipinski definition) is 3. The fourth-order valence-corrected chi connectivity index (χ4v) is 3.03. The SMILES string of the molecule is CC1CCC(C(N)=O)CN1CC1(CCN)CC1. The van der Waals surface area contributed by atoms with Crippen molar-refractivity contribution in [2.75, 3.05) is 19.6 Å². The van der Waals surface area contributed by atoms with Gasteiger partial charge in [-0.05, 0) is 51.0 Å². The van der Waals surface area contributed by atoms with Crippen LogP contribution in [0.25, 0.3) is 0 Å². The topological polar surface area (TPSA) is 72.4 Å². The van der Waals surface area contributed by atoms with E-state index in [4.69, 9.17) is 11.5 Å². The Balaban J connectivity index is 1.92. The molecule has 1 aliphatic carbocycles. The second-order valence-electron chi connectivity index (χ2n) is 5.99. The third-order valence-corrected chi connectivity index (χ3v) is 4.58. The number of carbonyl (C=O) groups excluding carboxylic acids is 1. The van der Waals surface area contributed by atoms with Crippen LogP contribution in [-0.4, -0.2) is 36.5 Å². The Morgan fingerprint density at radius 2 is 2.12 bits per heavy atom. The number of nitrogens with two attached hydrogens (primary N) is 2. The second-order valence-corrected chi connectivity index (χ2v) is 5.99. The average molecular weight is 239 g/mol. The van der Waals surface area contributed by atoms with Crippen LogP contribution in [0.2, 0.25) is 0 Å². The van der Waals surface area contributed by atoms with Gasteiger partial charge in [-0.15, -0.1) is 0 Å². The van der Waals surface area contributed by atoms with Crippen LogP contribution in [0.4, 0.5) is 0 Å². The summed E-state index contributed by atoms with van der Waals surface area (Å²) < 4.78 is 0. The second kappa shape index (κ2) is 4.94. The van der Waals surface area contributed by atoms with Crippen LogP contribution in [0.1, 0.15) is 39.0 Å². The van der Waals surface area contributed by atoms with Crippen LogP contribution >= 0.6 is 0 Å². The summed E-state index contributed by atoms with van der Waals surface area (Å²) in [6.45, 7) is 5.00. The van der Waals surface area contributed by atoms with Gasteiger partial charge in [0.2, 0.25) is 5.91 Å². The molecule has 0 radical (unpaired) electrons. The van der Waals surface area contributed by atoms with E-state index >= 15 is 0 Å². The van der Waals surface area contributed by atoms with Gasteiger partial charge in [-0.3, -0.25) is 9.69 Å². The molecule has 17 heavy (non-hydrogen) atoms. The summed E-state index contributed by atoms with van der Waals surface area (Å²) >= 11 is 0. The van der Waals surface area contributed by atoms with Crippen molar-refractivity contribution in [3.8, 4) is 0 Å². The van der Waals surface area contributed by atoms with Gasteiger partial charge in [0.25, 0.3) is 0 Å². The predicted molar refractivity (Wildman–Crippen MR) is 68.3 cm³/mol. The van der Waals surface area contributed by atoms with Gasteiger partial charge in [0.1, 0.15) is 0 Å². The molecule has 0 aromatic rings. The van der Waals surface area contributed by atoms with E-state index in [0.717, 1.165) is 38.9 Å². The standard InChI is InChI=1S/C13H25N3O/c1-10-2-3-11(12(15)17)8-16(10)9-13(4-5-13)6-7-14/h10-11H,2-9,14H2,1H3,(H2,15,17). The molecule has 0 aromatic carbocycles. The van der Waals surface area contributed by atoms with E-state index < -0.39 is 0 Å². The van der Waals surface area contributed by atoms with Crippen LogP contribution in [0.15, 0.2) is 0 Å². The van der Waals surface area contributed by atoms with Crippen molar-refractivity contribution in [2.45, 2.75) is 45.1 Å². The van der Waals surface area contributed by atoms with Crippen LogP contribution < -0.4 is 11.5 Å². The molecule has 0 bridgehead atoms. The summed E-state index contributed by atoms with van der Waals surface area (Å²) in [4.78, 5) is 13.7. The minimum Gasteiger partial charge on any atom is -0.369 e. The van der Waals surface area contributed by atoms with Gasteiger partial charge in [-0.2, -0.15) is 0 Å². The highest BCUT2D eigenvalue weighted by molar-refractivity contribution is 5.76. The van der Waals surface area contributed by atoms with Crippen LogP contribution in [0.3, 0.4) is 0 Å². The van der Waals surface area contributed by atoms with Crippen molar-refractivity contribution < 1.29 is 4.79 Å². The molecule has 1 aliphatic heterocycles. The summed E-state index contributed by atoms with van der Waals surface area (Å²) in [5, 5.41) is 0. The Labute approximate surface area is 104 Å². The van der Waals surface area contributed by atoms with Gasteiger partial charge < -0.3 is 11.5 Å². The Morgan fingerprint density at radius 1 is 1.41 bits per heavy atom. The number of carbonyl (C=O) groups is 1. The van der Waals surface area contributed by atoms with E-state index in [1.54, 1.807) is 0 Å². The van der Waals surface area contributed by atoms with E-state index in [1.807, 2.05) is 0 Å². The monoisotopic (exact) mass is 239 g/mol. The number of hydrogen-bond donors (Lipinski definition) is 2. The first-order valence-corrected chi connectivity index (χ1v) is 6.80. The third-order valence-electron chi connectivity index (χ3n) is 4.58. The molecule has 4 nitrogen and oxygen atoms in total. The summed E-state index contributed by atoms with van der Waals surface area (Å²) in [5.41, 5.74) is 11.6. The highest BCUT2D eigenvalue weighted by Gasteiger charge is 2.44. The van der Waals surface area contributed by atoms with Crippen LogP contribution in [-0.2, 0) is 4.79 Å². The summed E-state index contributed by atoms with van der Waals surface area (Å²) in [7, 11) is 0. The first-order chi connectivity index (χ1) is 8.06. The Kier molecular flexibility index (Phi) is 3.73. The van der Waals surface area contributed by atoms with Gasteiger partial charge in [-0.25, -0.2) is 0 Å². The van der Waals surface area contributed by atoms with Gasteiger partial charge in [0, 0.05) is 19.1 Å². The van der Waals surface area contributed by atoms with Crippen molar-refractivity contribution in [3.63, 3.8) is 0 Å². The van der Waals surface area contributed by atoms with Crippen molar-refractivity contribution in [2.24, 2.45) is 22.8 Å². The summed E-state index contributed by atoms with van der Waals surface area (Å²) in [5.74, 6) is -0.0783. The van der Waals surface area contributed by atoms with Gasteiger partial charge >= 0.3 is 0 Å². The number of rotatable bonds is 5. The number of piperidine rings is 1. The maximum absolute atomic E-state index is 11.3. The number of likely N-dealkylation sites (tertiary alicyclic amines) is 1. The Bertz CT molecular complexity index is 288. The molecule has 2 unspecified atom stereocenters. The van der Waals surface area contributed by atoms with E-state index in [1.165, 1.54) is 12.8 Å². The fraction of sp³-hybridized carbons (Fsp3) is 0.923. The highest BCUT2D eigenvalue weighted by Crippen LogP contribution is 2.49. The number of nitrogens with zero attached hydrogens (tertiary/aromatic N) is 1. The van der Waals surface area contributed by atoms with Crippen molar-refractivity contribution >= 4 is 5.91 Å². The molecular weight excluding hydrogens is 214 g/mol. The fourth-order valence-electron chi connectivity index (χ4n) is 3.03. The predicted octanol–water partition coefficient (Wildman–Crippen LogP) is 0.701. The third kappa shape index (κ3) is 2.99. The minimum absolute atomic E-state index is 0.0554. The molecule has 2 atom stereocenters. The molecule has 2 fully saturated rings. The summed E-state index contributed by atoms with van der Waals surface area (Å²) in [6.07, 6.45) is 5.77. The zero-order valence-electron chi connectivity index (χ0n) is 10.8. The van der Waals surface area contributed by atoms with Gasteiger partial charge in [-0.1, -0.05) is 0 Å². The largest absolute Gasteiger partial charge is 0.369 e. The van der Waals surface area contributed by atoms with E-state index in [0.29, 0.717) is 11.5 Å². The zero-order chi connectivity index (χ0) is 12.5. The first-order valence-electron chi connectivity index (χ1n) is 6.80. The lowest BCUT2D eigenvalue weighted by molar-refractivity contribution is -0.124. The quantitative estimate of drug-likeness (QED) is 0.742. The molecule has 4 heteroatoms. The smallest absolute Gasteiger partial charge is 0.221 e.